The quantitative estimate of drug-likeness (QED) is 0.771. The number of carbonyl (C=O) groups excluding carboxylic acids is 1. The molecule has 0 bridgehead atoms. The van der Waals surface area contributed by atoms with Crippen LogP contribution in [-0.2, 0) is 4.79 Å². The average molecular weight is 365 g/mol. The van der Waals surface area contributed by atoms with E-state index < -0.39 is 5.92 Å². The van der Waals surface area contributed by atoms with Crippen molar-refractivity contribution in [3.05, 3.63) is 63.6 Å². The summed E-state index contributed by atoms with van der Waals surface area (Å²) in [4.78, 5) is 29.7. The zero-order chi connectivity index (χ0) is 19.1. The third-order valence-corrected chi connectivity index (χ3v) is 4.90. The van der Waals surface area contributed by atoms with E-state index in [9.17, 15) is 9.59 Å². The highest BCUT2D eigenvalue weighted by Gasteiger charge is 2.34. The number of hydrogen-bond donors (Lipinski definition) is 1. The predicted molar refractivity (Wildman–Crippen MR) is 101 cm³/mol. The molecule has 3 aromatic rings. The largest absolute Gasteiger partial charge is 0.493 e. The molecule has 0 saturated carbocycles. The molecular weight excluding hydrogens is 346 g/mol. The van der Waals surface area contributed by atoms with Crippen molar-refractivity contribution in [1.82, 2.24) is 9.38 Å². The van der Waals surface area contributed by atoms with Gasteiger partial charge >= 0.3 is 0 Å². The normalized spacial score (nSPS) is 16.0. The van der Waals surface area contributed by atoms with E-state index in [0.29, 0.717) is 28.5 Å². The number of carbonyl (C=O) groups is 1. The van der Waals surface area contributed by atoms with Gasteiger partial charge in [0.25, 0.3) is 5.56 Å². The lowest BCUT2D eigenvalue weighted by atomic mass is 9.86. The number of nitrogens with one attached hydrogen (secondary N) is 1. The molecule has 1 amide bonds. The Labute approximate surface area is 155 Å². The Bertz CT molecular complexity index is 1120. The molecule has 138 valence electrons. The fourth-order valence-electron chi connectivity index (χ4n) is 3.68. The lowest BCUT2D eigenvalue weighted by Gasteiger charge is -2.27. The summed E-state index contributed by atoms with van der Waals surface area (Å²) in [5.74, 6) is 0.876. The van der Waals surface area contributed by atoms with Gasteiger partial charge in [0.05, 0.1) is 19.8 Å². The zero-order valence-electron chi connectivity index (χ0n) is 15.3. The summed E-state index contributed by atoms with van der Waals surface area (Å²) in [7, 11) is 3.09. The smallest absolute Gasteiger partial charge is 0.279 e. The van der Waals surface area contributed by atoms with Crippen molar-refractivity contribution in [2.45, 2.75) is 19.3 Å². The minimum atomic E-state index is -0.476. The maximum atomic E-state index is 12.9. The summed E-state index contributed by atoms with van der Waals surface area (Å²) in [5, 5.41) is 2.85. The van der Waals surface area contributed by atoms with E-state index in [1.54, 1.807) is 30.9 Å². The second-order valence-electron chi connectivity index (χ2n) is 6.45. The molecule has 0 spiro atoms. The van der Waals surface area contributed by atoms with Crippen LogP contribution < -0.4 is 20.3 Å². The van der Waals surface area contributed by atoms with Crippen molar-refractivity contribution in [3.63, 3.8) is 0 Å². The van der Waals surface area contributed by atoms with Crippen LogP contribution in [0.25, 0.3) is 5.65 Å². The number of aryl methyl sites for hydroxylation is 1. The molecule has 7 heteroatoms. The van der Waals surface area contributed by atoms with Gasteiger partial charge < -0.3 is 14.8 Å². The van der Waals surface area contributed by atoms with E-state index in [1.807, 2.05) is 31.2 Å². The molecule has 0 aliphatic carbocycles. The highest BCUT2D eigenvalue weighted by atomic mass is 16.5. The summed E-state index contributed by atoms with van der Waals surface area (Å²) in [6.45, 7) is 1.88. The van der Waals surface area contributed by atoms with Gasteiger partial charge in [-0.05, 0) is 24.6 Å². The average Bonchev–Trinajstić information content (AvgIpc) is 2.67. The van der Waals surface area contributed by atoms with Crippen LogP contribution in [0, 0.1) is 6.92 Å². The molecule has 2 aromatic heterocycles. The summed E-state index contributed by atoms with van der Waals surface area (Å²) in [6.07, 6.45) is 1.92. The molecule has 0 fully saturated rings. The number of pyridine rings is 1. The first kappa shape index (κ1) is 17.1. The van der Waals surface area contributed by atoms with Gasteiger partial charge in [-0.3, -0.25) is 14.0 Å². The van der Waals surface area contributed by atoms with Crippen LogP contribution in [-0.4, -0.2) is 29.5 Å². The number of hydrogen-bond acceptors (Lipinski definition) is 5. The number of benzene rings is 1. The number of rotatable bonds is 3. The van der Waals surface area contributed by atoms with Gasteiger partial charge in [-0.25, -0.2) is 0 Å². The lowest BCUT2D eigenvalue weighted by Crippen LogP contribution is -2.32. The van der Waals surface area contributed by atoms with Gasteiger partial charge in [0.15, 0.2) is 11.5 Å². The molecule has 0 saturated heterocycles. The molecule has 4 rings (SSSR count). The Kier molecular flexibility index (Phi) is 4.07. The summed E-state index contributed by atoms with van der Waals surface area (Å²) in [6, 6.07) is 9.18. The first-order valence-electron chi connectivity index (χ1n) is 8.57. The Balaban J connectivity index is 2.03. The second-order valence-corrected chi connectivity index (χ2v) is 6.45. The number of methoxy groups -OCH3 is 2. The van der Waals surface area contributed by atoms with Gasteiger partial charge in [-0.2, -0.15) is 4.98 Å². The summed E-state index contributed by atoms with van der Waals surface area (Å²) < 4.78 is 12.7. The van der Waals surface area contributed by atoms with Crippen LogP contribution in [0.3, 0.4) is 0 Å². The van der Waals surface area contributed by atoms with Gasteiger partial charge in [0, 0.05) is 24.1 Å². The van der Waals surface area contributed by atoms with Crippen molar-refractivity contribution in [2.24, 2.45) is 0 Å². The highest BCUT2D eigenvalue weighted by molar-refractivity contribution is 5.95. The maximum absolute atomic E-state index is 12.9. The van der Waals surface area contributed by atoms with Crippen LogP contribution >= 0.6 is 0 Å². The van der Waals surface area contributed by atoms with Gasteiger partial charge in [0.1, 0.15) is 11.5 Å². The van der Waals surface area contributed by atoms with Crippen LogP contribution in [0.2, 0.25) is 0 Å². The second kappa shape index (κ2) is 6.42. The summed E-state index contributed by atoms with van der Waals surface area (Å²) in [5.41, 5.74) is 2.20. The van der Waals surface area contributed by atoms with Crippen molar-refractivity contribution in [3.8, 4) is 11.5 Å². The number of anilines is 1. The number of aromatic nitrogens is 2. The fraction of sp³-hybridized carbons (Fsp3) is 0.250. The topological polar surface area (TPSA) is 81.9 Å². The maximum Gasteiger partial charge on any atom is 0.279 e. The minimum Gasteiger partial charge on any atom is -0.493 e. The van der Waals surface area contributed by atoms with Gasteiger partial charge in [-0.15, -0.1) is 0 Å². The molecule has 1 aliphatic heterocycles. The molecule has 0 radical (unpaired) electrons. The monoisotopic (exact) mass is 365 g/mol. The Morgan fingerprint density at radius 2 is 1.96 bits per heavy atom. The van der Waals surface area contributed by atoms with Gasteiger partial charge in [0.2, 0.25) is 5.91 Å². The number of fused-ring (bicyclic) bond motifs is 3. The van der Waals surface area contributed by atoms with E-state index in [0.717, 1.165) is 11.1 Å². The SMILES string of the molecule is COc1cccc(C2CC(=O)Nc3c2c(=O)nc2c(C)cccn32)c1OC. The molecule has 7 nitrogen and oxygen atoms in total. The van der Waals surface area contributed by atoms with Crippen molar-refractivity contribution in [1.29, 1.82) is 0 Å². The molecule has 1 N–H and O–H groups in total. The molecular formula is C20H19N3O4. The van der Waals surface area contributed by atoms with Crippen LogP contribution in [0.4, 0.5) is 5.82 Å². The zero-order valence-corrected chi connectivity index (χ0v) is 15.3. The number of para-hydroxylation sites is 1. The Morgan fingerprint density at radius 1 is 1.15 bits per heavy atom. The van der Waals surface area contributed by atoms with Crippen LogP contribution in [0.15, 0.2) is 41.3 Å². The minimum absolute atomic E-state index is 0.130. The lowest BCUT2D eigenvalue weighted by molar-refractivity contribution is -0.116. The molecule has 1 unspecified atom stereocenters. The Morgan fingerprint density at radius 3 is 2.70 bits per heavy atom. The van der Waals surface area contributed by atoms with E-state index >= 15 is 0 Å². The van der Waals surface area contributed by atoms with Gasteiger partial charge in [-0.1, -0.05) is 18.2 Å². The number of amides is 1. The third-order valence-electron chi connectivity index (χ3n) is 4.90. The van der Waals surface area contributed by atoms with E-state index in [-0.39, 0.29) is 17.9 Å². The molecule has 1 atom stereocenters. The molecule has 1 aliphatic rings. The van der Waals surface area contributed by atoms with Crippen molar-refractivity contribution < 1.29 is 14.3 Å². The number of nitrogens with zero attached hydrogens (tertiary/aromatic N) is 2. The van der Waals surface area contributed by atoms with E-state index in [1.165, 1.54) is 0 Å². The van der Waals surface area contributed by atoms with Crippen molar-refractivity contribution >= 4 is 17.4 Å². The first-order chi connectivity index (χ1) is 13.0. The van der Waals surface area contributed by atoms with Crippen molar-refractivity contribution in [2.75, 3.05) is 19.5 Å². The molecule has 3 heterocycles. The van der Waals surface area contributed by atoms with Crippen LogP contribution in [0.5, 0.6) is 11.5 Å². The summed E-state index contributed by atoms with van der Waals surface area (Å²) >= 11 is 0. The standard InChI is InChI=1S/C20H19N3O4/c1-11-6-5-9-23-18(11)22-20(25)16-13(10-15(24)21-19(16)23)12-7-4-8-14(26-2)17(12)27-3/h4-9,13H,10H2,1-3H3,(H,21,24). The van der Waals surface area contributed by atoms with E-state index in [2.05, 4.69) is 10.3 Å². The van der Waals surface area contributed by atoms with Crippen LogP contribution in [0.1, 0.15) is 29.0 Å². The Hall–Kier alpha value is -3.35. The predicted octanol–water partition coefficient (Wildman–Crippen LogP) is 2.49. The number of ether oxygens (including phenoxy) is 2. The molecule has 27 heavy (non-hydrogen) atoms. The molecule has 1 aromatic carbocycles. The fourth-order valence-corrected chi connectivity index (χ4v) is 3.68. The van der Waals surface area contributed by atoms with E-state index in [4.69, 9.17) is 9.47 Å². The third kappa shape index (κ3) is 2.63. The highest BCUT2D eigenvalue weighted by Crippen LogP contribution is 2.42. The first-order valence-corrected chi connectivity index (χ1v) is 8.57.